The first kappa shape index (κ1) is 37.7. The SMILES string of the molecule is C1=C[C@H]2C[C@H]1C(P(c1ccccc1)c1ccccc1)C2P(c1ccccc1)c1ccccc1.F[B-](F)(F)F.[CH]1[CH]CC[CH][CH]CC1.[Rh]. The average Bonchev–Trinajstić information content (AvgIpc) is 3.66. The molecule has 2 saturated carbocycles. The van der Waals surface area contributed by atoms with E-state index in [0.29, 0.717) is 23.2 Å². The van der Waals surface area contributed by atoms with Gasteiger partial charge < -0.3 is 17.3 Å². The van der Waals surface area contributed by atoms with Crippen LogP contribution < -0.4 is 21.2 Å². The second-order valence-corrected chi connectivity index (χ2v) is 16.3. The topological polar surface area (TPSA) is 0 Å². The first-order valence-corrected chi connectivity index (χ1v) is 18.9. The molecule has 2 unspecified atom stereocenters. The Morgan fingerprint density at radius 2 is 0.660 bits per heavy atom. The third-order valence-corrected chi connectivity index (χ3v) is 14.7. The second-order valence-electron chi connectivity index (χ2n) is 11.6. The van der Waals surface area contributed by atoms with Crippen molar-refractivity contribution in [2.45, 2.75) is 43.4 Å². The Kier molecular flexibility index (Phi) is 15.4. The summed E-state index contributed by atoms with van der Waals surface area (Å²) in [5.74, 6) is 1.34. The zero-order chi connectivity index (χ0) is 32.2. The van der Waals surface area contributed by atoms with Crippen LogP contribution in [0.1, 0.15) is 32.1 Å². The van der Waals surface area contributed by atoms with Crippen LogP contribution >= 0.6 is 15.8 Å². The molecule has 5 radical (unpaired) electrons. The fourth-order valence-electron chi connectivity index (χ4n) is 6.66. The van der Waals surface area contributed by atoms with Crippen molar-refractivity contribution < 1.29 is 36.7 Å². The van der Waals surface area contributed by atoms with E-state index in [9.17, 15) is 17.3 Å². The Morgan fingerprint density at radius 3 is 0.894 bits per heavy atom. The van der Waals surface area contributed by atoms with Crippen LogP contribution in [0.25, 0.3) is 0 Å². The van der Waals surface area contributed by atoms with E-state index in [0.717, 1.165) is 0 Å². The van der Waals surface area contributed by atoms with E-state index in [4.69, 9.17) is 0 Å². The van der Waals surface area contributed by atoms with Crippen molar-refractivity contribution >= 4 is 44.3 Å². The van der Waals surface area contributed by atoms with Crippen LogP contribution in [0.2, 0.25) is 0 Å². The van der Waals surface area contributed by atoms with Gasteiger partial charge in [0.1, 0.15) is 0 Å². The number of halogens is 4. The van der Waals surface area contributed by atoms with E-state index in [-0.39, 0.29) is 19.5 Å². The molecule has 2 fully saturated rings. The van der Waals surface area contributed by atoms with Gasteiger partial charge in [-0.15, -0.1) is 0 Å². The van der Waals surface area contributed by atoms with Gasteiger partial charge in [0.15, 0.2) is 0 Å². The number of hydrogen-bond acceptors (Lipinski definition) is 0. The molecule has 0 aromatic heterocycles. The standard InChI is InChI=1S/C31H28P2.C8H12.BF4.Rh/c1-5-13-26(14-6-1)32(27-15-7-2-8-16-27)30-24-21-22-25(23-24)31(30)33(28-17-9-3-10-18-28)29-19-11-4-12-20-29;1-2-4-6-8-7-5-3-1;2-1(3,4)5;/h1-22,24-25,30-31H,23H2;1-2,7-8H,3-6H2;;/q;;-1;/t24-,25-,30?,31?;;;/m0.../s1. The first-order chi connectivity index (χ1) is 22.4. The van der Waals surface area contributed by atoms with Crippen LogP contribution in [-0.4, -0.2) is 18.6 Å². The van der Waals surface area contributed by atoms with Crippen molar-refractivity contribution in [2.24, 2.45) is 11.8 Å². The molecule has 2 bridgehead atoms. The van der Waals surface area contributed by atoms with Gasteiger partial charge in [-0.3, -0.25) is 0 Å². The van der Waals surface area contributed by atoms with E-state index in [1.807, 2.05) is 0 Å². The largest absolute Gasteiger partial charge is 0.673 e. The normalized spacial score (nSPS) is 21.8. The van der Waals surface area contributed by atoms with Crippen LogP contribution in [0.5, 0.6) is 0 Å². The number of benzene rings is 4. The molecule has 0 saturated heterocycles. The summed E-state index contributed by atoms with van der Waals surface area (Å²) in [5, 5.41) is 6.08. The van der Waals surface area contributed by atoms with E-state index in [1.54, 1.807) is 0 Å². The smallest absolute Gasteiger partial charge is 0.418 e. The quantitative estimate of drug-likeness (QED) is 0.0795. The summed E-state index contributed by atoms with van der Waals surface area (Å²) in [7, 11) is -6.91. The number of hydrogen-bond donors (Lipinski definition) is 0. The Morgan fingerprint density at radius 1 is 0.426 bits per heavy atom. The summed E-state index contributed by atoms with van der Waals surface area (Å²) in [5.41, 5.74) is 1.32. The minimum Gasteiger partial charge on any atom is -0.418 e. The summed E-state index contributed by atoms with van der Waals surface area (Å²) in [4.78, 5) is 0. The van der Waals surface area contributed by atoms with Gasteiger partial charge in [-0.2, -0.15) is 0 Å². The van der Waals surface area contributed by atoms with E-state index in [2.05, 4.69) is 159 Å². The van der Waals surface area contributed by atoms with Gasteiger partial charge in [0.05, 0.1) is 0 Å². The van der Waals surface area contributed by atoms with Gasteiger partial charge in [0.2, 0.25) is 0 Å². The predicted octanol–water partition coefficient (Wildman–Crippen LogP) is 9.87. The van der Waals surface area contributed by atoms with Crippen molar-refractivity contribution in [3.8, 4) is 0 Å². The summed E-state index contributed by atoms with van der Waals surface area (Å²) in [6.45, 7) is 0. The Labute approximate surface area is 294 Å². The molecular weight excluding hydrogens is 720 g/mol. The monoisotopic (exact) mass is 760 g/mol. The molecule has 0 nitrogen and oxygen atoms in total. The average molecular weight is 760 g/mol. The third kappa shape index (κ3) is 11.2. The minimum absolute atomic E-state index is 0. The maximum atomic E-state index is 9.75. The molecule has 4 aromatic carbocycles. The fraction of sp³-hybridized carbons (Fsp3) is 0.231. The molecule has 0 N–H and O–H groups in total. The summed E-state index contributed by atoms with van der Waals surface area (Å²) >= 11 is 0. The molecule has 47 heavy (non-hydrogen) atoms. The van der Waals surface area contributed by atoms with Crippen molar-refractivity contribution in [1.82, 2.24) is 0 Å². The molecular formula is C39H40BF4P2Rh-. The van der Waals surface area contributed by atoms with Crippen LogP contribution in [-0.2, 0) is 19.5 Å². The van der Waals surface area contributed by atoms with Gasteiger partial charge in [0, 0.05) is 30.8 Å². The van der Waals surface area contributed by atoms with Gasteiger partial charge in [-0.05, 0) is 107 Å². The predicted molar refractivity (Wildman–Crippen MR) is 192 cm³/mol. The fourth-order valence-corrected chi connectivity index (χ4v) is 13.7. The maximum absolute atomic E-state index is 9.75. The molecule has 4 aromatic rings. The molecule has 0 amide bonds. The number of rotatable bonds is 6. The zero-order valence-corrected chi connectivity index (χ0v) is 29.6. The first-order valence-electron chi connectivity index (χ1n) is 16.0. The Hall–Kier alpha value is -2.11. The second kappa shape index (κ2) is 19.2. The van der Waals surface area contributed by atoms with Crippen molar-refractivity contribution in [3.05, 3.63) is 159 Å². The molecule has 247 valence electrons. The third-order valence-electron chi connectivity index (χ3n) is 8.44. The van der Waals surface area contributed by atoms with Crippen LogP contribution in [0.3, 0.4) is 0 Å². The van der Waals surface area contributed by atoms with Gasteiger partial charge in [-0.1, -0.05) is 133 Å². The number of allylic oxidation sites excluding steroid dienone is 2. The van der Waals surface area contributed by atoms with Crippen molar-refractivity contribution in [3.63, 3.8) is 0 Å². The minimum atomic E-state index is -6.00. The molecule has 7 rings (SSSR count). The summed E-state index contributed by atoms with van der Waals surface area (Å²) < 4.78 is 39.0. The van der Waals surface area contributed by atoms with Crippen LogP contribution in [0.15, 0.2) is 133 Å². The van der Waals surface area contributed by atoms with Crippen molar-refractivity contribution in [1.29, 1.82) is 0 Å². The van der Waals surface area contributed by atoms with Crippen LogP contribution in [0.4, 0.5) is 17.3 Å². The molecule has 3 aliphatic carbocycles. The maximum Gasteiger partial charge on any atom is 0.673 e. The van der Waals surface area contributed by atoms with Gasteiger partial charge in [0.25, 0.3) is 0 Å². The molecule has 0 aliphatic heterocycles. The molecule has 0 spiro atoms. The summed E-state index contributed by atoms with van der Waals surface area (Å²) in [6.07, 6.45) is 20.4. The van der Waals surface area contributed by atoms with E-state index < -0.39 is 23.1 Å². The van der Waals surface area contributed by atoms with E-state index >= 15 is 0 Å². The van der Waals surface area contributed by atoms with Crippen LogP contribution in [0, 0.1) is 37.5 Å². The molecule has 0 heterocycles. The number of fused-ring (bicyclic) bond motifs is 2. The Balaban J connectivity index is 0.000000301. The molecule has 4 atom stereocenters. The molecule has 3 aliphatic rings. The summed E-state index contributed by atoms with van der Waals surface area (Å²) in [6, 6.07) is 45.4. The molecule has 8 heteroatoms. The Bertz CT molecular complexity index is 1250. The van der Waals surface area contributed by atoms with Crippen molar-refractivity contribution in [2.75, 3.05) is 0 Å². The van der Waals surface area contributed by atoms with E-state index in [1.165, 1.54) is 53.3 Å². The van der Waals surface area contributed by atoms with Gasteiger partial charge >= 0.3 is 7.25 Å². The zero-order valence-electron chi connectivity index (χ0n) is 26.2. The van der Waals surface area contributed by atoms with Gasteiger partial charge in [-0.25, -0.2) is 0 Å².